The maximum absolute atomic E-state index is 12.6. The number of ether oxygens (including phenoxy) is 2. The molecule has 0 saturated carbocycles. The smallest absolute Gasteiger partial charge is 0.472 e. The molecule has 3 unspecified atom stereocenters. The van der Waals surface area contributed by atoms with Gasteiger partial charge in [0.25, 0.3) is 0 Å². The molecule has 346 valence electrons. The lowest BCUT2D eigenvalue weighted by atomic mass is 10.1. The molecular weight excluding hydrogens is 766 g/mol. The van der Waals surface area contributed by atoms with Gasteiger partial charge in [0.15, 0.2) is 0 Å². The van der Waals surface area contributed by atoms with Crippen molar-refractivity contribution in [3.63, 3.8) is 0 Å². The Morgan fingerprint density at radius 3 is 1.42 bits per heavy atom. The average molecular weight is 856 g/mol. The predicted molar refractivity (Wildman–Crippen MR) is 245 cm³/mol. The normalized spacial score (nSPS) is 14.1. The van der Waals surface area contributed by atoms with E-state index >= 15 is 0 Å². The quantitative estimate of drug-likeness (QED) is 0.0233. The zero-order chi connectivity index (χ0) is 43.3. The number of phosphoric acid groups is 1. The first-order chi connectivity index (χ1) is 28.7. The van der Waals surface area contributed by atoms with Crippen LogP contribution in [0, 0.1) is 0 Å². The van der Waals surface area contributed by atoms with Crippen molar-refractivity contribution >= 4 is 19.8 Å². The number of carbonyl (C=O) groups is 2. The first kappa shape index (κ1) is 57.2. The molecule has 0 bridgehead atoms. The zero-order valence-corrected chi connectivity index (χ0v) is 38.7. The van der Waals surface area contributed by atoms with Crippen molar-refractivity contribution in [2.75, 3.05) is 26.4 Å². The highest BCUT2D eigenvalue weighted by Gasteiger charge is 2.27. The molecule has 0 rings (SSSR count). The highest BCUT2D eigenvalue weighted by Crippen LogP contribution is 2.43. The minimum Gasteiger partial charge on any atom is -0.480 e. The second-order valence-electron chi connectivity index (χ2n) is 16.2. The maximum atomic E-state index is 12.6. The van der Waals surface area contributed by atoms with Crippen LogP contribution in [0.15, 0.2) is 36.5 Å². The number of esters is 1. The number of carboxylic acids is 1. The van der Waals surface area contributed by atoms with Gasteiger partial charge in [-0.15, -0.1) is 0 Å². The molecule has 0 fully saturated rings. The summed E-state index contributed by atoms with van der Waals surface area (Å²) in [6, 6.07) is -1.48. The number of phosphoric ester groups is 1. The molecule has 0 aromatic rings. The van der Waals surface area contributed by atoms with E-state index in [4.69, 9.17) is 29.4 Å². The van der Waals surface area contributed by atoms with Gasteiger partial charge in [0.2, 0.25) is 0 Å². The van der Waals surface area contributed by atoms with Crippen molar-refractivity contribution in [2.24, 2.45) is 5.73 Å². The summed E-state index contributed by atoms with van der Waals surface area (Å²) in [6.07, 6.45) is 50.6. The number of unbranched alkanes of at least 4 members (excludes halogenated alkanes) is 26. The van der Waals surface area contributed by atoms with Crippen LogP contribution in [-0.2, 0) is 32.7 Å². The fourth-order valence-corrected chi connectivity index (χ4v) is 7.41. The number of aliphatic carboxylic acids is 1. The summed E-state index contributed by atoms with van der Waals surface area (Å²) in [5, 5.41) is 8.91. The molecule has 0 radical (unpaired) electrons. The molecule has 11 heteroatoms. The number of hydrogen-bond donors (Lipinski definition) is 3. The van der Waals surface area contributed by atoms with E-state index in [9.17, 15) is 19.0 Å². The fourth-order valence-electron chi connectivity index (χ4n) is 6.63. The molecule has 0 aromatic heterocycles. The largest absolute Gasteiger partial charge is 0.480 e. The van der Waals surface area contributed by atoms with Gasteiger partial charge in [0.05, 0.1) is 19.8 Å². The van der Waals surface area contributed by atoms with Crippen molar-refractivity contribution < 1.29 is 42.7 Å². The molecule has 0 aromatic carbocycles. The van der Waals surface area contributed by atoms with Crippen molar-refractivity contribution in [1.82, 2.24) is 0 Å². The lowest BCUT2D eigenvalue weighted by molar-refractivity contribution is -0.154. The molecule has 4 N–H and O–H groups in total. The van der Waals surface area contributed by atoms with Gasteiger partial charge < -0.3 is 25.2 Å². The Hall–Kier alpha value is -1.81. The fraction of sp³-hybridized carbons (Fsp3) is 0.833. The second kappa shape index (κ2) is 44.3. The summed E-state index contributed by atoms with van der Waals surface area (Å²) in [5.74, 6) is -1.79. The van der Waals surface area contributed by atoms with E-state index in [2.05, 4.69) is 50.3 Å². The lowest BCUT2D eigenvalue weighted by Crippen LogP contribution is -2.34. The Morgan fingerprint density at radius 1 is 0.542 bits per heavy atom. The highest BCUT2D eigenvalue weighted by molar-refractivity contribution is 7.47. The molecule has 0 saturated heterocycles. The minimum atomic E-state index is -4.62. The van der Waals surface area contributed by atoms with E-state index < -0.39 is 45.1 Å². The summed E-state index contributed by atoms with van der Waals surface area (Å²) in [4.78, 5) is 33.6. The zero-order valence-electron chi connectivity index (χ0n) is 37.9. The number of carboxylic acid groups (broad SMARTS) is 1. The summed E-state index contributed by atoms with van der Waals surface area (Å²) < 4.78 is 33.4. The Kier molecular flexibility index (Phi) is 42.9. The van der Waals surface area contributed by atoms with Gasteiger partial charge in [-0.1, -0.05) is 179 Å². The molecule has 0 spiro atoms. The Balaban J connectivity index is 4.15. The van der Waals surface area contributed by atoms with Crippen molar-refractivity contribution in [2.45, 2.75) is 231 Å². The van der Waals surface area contributed by atoms with Crippen LogP contribution in [0.25, 0.3) is 0 Å². The van der Waals surface area contributed by atoms with Crippen LogP contribution in [-0.4, -0.2) is 60.5 Å². The van der Waals surface area contributed by atoms with Gasteiger partial charge in [-0.2, -0.15) is 0 Å². The van der Waals surface area contributed by atoms with Gasteiger partial charge in [-0.25, -0.2) is 4.57 Å². The third-order valence-corrected chi connectivity index (χ3v) is 11.3. The minimum absolute atomic E-state index is 0.0115. The molecular formula is C48H90NO9P. The van der Waals surface area contributed by atoms with Crippen molar-refractivity contribution in [3.8, 4) is 0 Å². The summed E-state index contributed by atoms with van der Waals surface area (Å²) in [5.41, 5.74) is 5.36. The Labute approximate surface area is 361 Å². The molecule has 0 aliphatic rings. The van der Waals surface area contributed by atoms with Crippen molar-refractivity contribution in [3.05, 3.63) is 36.5 Å². The van der Waals surface area contributed by atoms with Crippen molar-refractivity contribution in [1.29, 1.82) is 0 Å². The number of allylic oxidation sites excluding steroid dienone is 6. The summed E-state index contributed by atoms with van der Waals surface area (Å²) in [7, 11) is -4.62. The average Bonchev–Trinajstić information content (AvgIpc) is 3.21. The molecule has 10 nitrogen and oxygen atoms in total. The predicted octanol–water partition coefficient (Wildman–Crippen LogP) is 13.7. The van der Waals surface area contributed by atoms with E-state index in [0.717, 1.165) is 57.8 Å². The van der Waals surface area contributed by atoms with Gasteiger partial charge >= 0.3 is 19.8 Å². The van der Waals surface area contributed by atoms with E-state index in [1.807, 2.05) is 0 Å². The first-order valence-corrected chi connectivity index (χ1v) is 25.5. The molecule has 0 amide bonds. The second-order valence-corrected chi connectivity index (χ2v) is 17.7. The van der Waals surface area contributed by atoms with Crippen LogP contribution >= 0.6 is 7.82 Å². The maximum Gasteiger partial charge on any atom is 0.472 e. The monoisotopic (exact) mass is 856 g/mol. The highest BCUT2D eigenvalue weighted by atomic mass is 31.2. The lowest BCUT2D eigenvalue weighted by Gasteiger charge is -2.20. The third kappa shape index (κ3) is 44.1. The van der Waals surface area contributed by atoms with Gasteiger partial charge in [-0.05, 0) is 70.6 Å². The molecule has 0 aliphatic carbocycles. The Bertz CT molecular complexity index is 1080. The number of nitrogens with two attached hydrogens (primary N) is 1. The summed E-state index contributed by atoms with van der Waals surface area (Å²) in [6.45, 7) is 3.86. The first-order valence-electron chi connectivity index (χ1n) is 24.0. The number of carbonyl (C=O) groups excluding carboxylic acids is 1. The van der Waals surface area contributed by atoms with E-state index in [0.29, 0.717) is 13.0 Å². The molecule has 3 atom stereocenters. The van der Waals surface area contributed by atoms with E-state index in [1.165, 1.54) is 135 Å². The molecule has 0 aliphatic heterocycles. The van der Waals surface area contributed by atoms with E-state index in [-0.39, 0.29) is 13.0 Å². The Morgan fingerprint density at radius 2 is 0.932 bits per heavy atom. The van der Waals surface area contributed by atoms with Crippen LogP contribution < -0.4 is 5.73 Å². The van der Waals surface area contributed by atoms with Gasteiger partial charge in [0, 0.05) is 13.0 Å². The van der Waals surface area contributed by atoms with Gasteiger partial charge in [0.1, 0.15) is 12.1 Å². The van der Waals surface area contributed by atoms with Gasteiger partial charge in [-0.3, -0.25) is 18.6 Å². The SMILES string of the molecule is CCCCC/C=C\C/C=C\CCCCCCCC(=O)OC(COCCCCCCCCCCCC/C=C\CCCCCCCCCC)COP(=O)(O)OCC(N)C(=O)O. The topological polar surface area (TPSA) is 155 Å². The third-order valence-electron chi connectivity index (χ3n) is 10.4. The molecule has 0 heterocycles. The number of rotatable bonds is 46. The van der Waals surface area contributed by atoms with Crippen LogP contribution in [0.5, 0.6) is 0 Å². The standard InChI is InChI=1S/C48H90NO9P/c1-3-5-7-9-11-13-15-17-19-20-21-22-23-24-25-27-29-31-33-35-37-39-41-55-42-45(43-56-59(53,54)57-44-46(49)48(51)52)58-47(50)40-38-36-34-32-30-28-26-18-16-14-12-10-8-6-4-2/h12,14,18,20-21,26,45-46H,3-11,13,15-17,19,22-25,27-44,49H2,1-2H3,(H,51,52)(H,53,54)/b14-12-,21-20-,26-18-. The van der Waals surface area contributed by atoms with Crippen LogP contribution in [0.3, 0.4) is 0 Å². The molecule has 59 heavy (non-hydrogen) atoms. The number of hydrogen-bond acceptors (Lipinski definition) is 8. The van der Waals surface area contributed by atoms with Crippen LogP contribution in [0.2, 0.25) is 0 Å². The van der Waals surface area contributed by atoms with E-state index in [1.54, 1.807) is 0 Å². The van der Waals surface area contributed by atoms with Crippen LogP contribution in [0.4, 0.5) is 0 Å². The summed E-state index contributed by atoms with van der Waals surface area (Å²) >= 11 is 0. The van der Waals surface area contributed by atoms with Crippen LogP contribution in [0.1, 0.15) is 219 Å².